The van der Waals surface area contributed by atoms with Crippen LogP contribution in [0.25, 0.3) is 0 Å². The standard InChI is InChI=1S/C16H6F12S2/c17-13(18,19)7-1-3-11(9(5-7)15(23,24)25)29-30-12-4-2-8(14(20,21)22)6-10(12)16(26,27)28/h1-6H. The van der Waals surface area contributed by atoms with E-state index in [4.69, 9.17) is 0 Å². The fourth-order valence-electron chi connectivity index (χ4n) is 2.09. The molecule has 2 aromatic rings. The molecule has 0 heterocycles. The highest BCUT2D eigenvalue weighted by molar-refractivity contribution is 8.76. The second-order valence-corrected chi connectivity index (χ2v) is 7.79. The van der Waals surface area contributed by atoms with Gasteiger partial charge in [0.15, 0.2) is 0 Å². The number of hydrogen-bond donors (Lipinski definition) is 0. The maximum absolute atomic E-state index is 13.1. The summed E-state index contributed by atoms with van der Waals surface area (Å²) < 4.78 is 155. The van der Waals surface area contributed by atoms with Gasteiger partial charge in [-0.05, 0) is 36.4 Å². The van der Waals surface area contributed by atoms with Crippen LogP contribution in [0.4, 0.5) is 52.7 Å². The van der Waals surface area contributed by atoms with Gasteiger partial charge < -0.3 is 0 Å². The van der Waals surface area contributed by atoms with Gasteiger partial charge in [-0.2, -0.15) is 52.7 Å². The van der Waals surface area contributed by atoms with Crippen LogP contribution in [-0.4, -0.2) is 0 Å². The molecule has 166 valence electrons. The molecule has 0 bridgehead atoms. The minimum absolute atomic E-state index is 0.0380. The predicted octanol–water partition coefficient (Wildman–Crippen LogP) is 8.56. The van der Waals surface area contributed by atoms with Gasteiger partial charge in [0.25, 0.3) is 0 Å². The number of alkyl halides is 12. The van der Waals surface area contributed by atoms with Crippen molar-refractivity contribution in [1.82, 2.24) is 0 Å². The third-order valence-electron chi connectivity index (χ3n) is 3.45. The molecular formula is C16H6F12S2. The summed E-state index contributed by atoms with van der Waals surface area (Å²) in [5, 5.41) is 0. The highest BCUT2D eigenvalue weighted by Crippen LogP contribution is 2.49. The first kappa shape index (κ1) is 24.6. The van der Waals surface area contributed by atoms with Gasteiger partial charge >= 0.3 is 24.7 Å². The fraction of sp³-hybridized carbons (Fsp3) is 0.250. The minimum atomic E-state index is -5.25. The van der Waals surface area contributed by atoms with E-state index >= 15 is 0 Å². The van der Waals surface area contributed by atoms with E-state index in [0.717, 1.165) is 0 Å². The van der Waals surface area contributed by atoms with Crippen molar-refractivity contribution in [2.24, 2.45) is 0 Å². The van der Waals surface area contributed by atoms with Crippen molar-refractivity contribution in [3.05, 3.63) is 58.7 Å². The summed E-state index contributed by atoms with van der Waals surface area (Å²) in [6, 6.07) is 1.10. The second-order valence-electron chi connectivity index (χ2n) is 5.58. The third-order valence-corrected chi connectivity index (χ3v) is 5.93. The molecule has 0 N–H and O–H groups in total. The summed E-state index contributed by atoms with van der Waals surface area (Å²) in [7, 11) is 0.0761. The zero-order valence-corrected chi connectivity index (χ0v) is 15.4. The Balaban J connectivity index is 2.44. The van der Waals surface area contributed by atoms with Crippen molar-refractivity contribution in [3.63, 3.8) is 0 Å². The van der Waals surface area contributed by atoms with Crippen LogP contribution in [-0.2, 0) is 24.7 Å². The SMILES string of the molecule is FC(F)(F)c1ccc(SSc2ccc(C(F)(F)F)cc2C(F)(F)F)c(C(F)(F)F)c1. The quantitative estimate of drug-likeness (QED) is 0.312. The van der Waals surface area contributed by atoms with Gasteiger partial charge in [0.05, 0.1) is 22.3 Å². The molecule has 0 fully saturated rings. The Bertz CT molecular complexity index is 831. The lowest BCUT2D eigenvalue weighted by Gasteiger charge is -2.17. The molecule has 0 saturated carbocycles. The van der Waals surface area contributed by atoms with Gasteiger partial charge in [0, 0.05) is 9.79 Å². The molecule has 0 nitrogen and oxygen atoms in total. The van der Waals surface area contributed by atoms with E-state index in [9.17, 15) is 52.7 Å². The highest BCUT2D eigenvalue weighted by atomic mass is 33.1. The topological polar surface area (TPSA) is 0 Å². The van der Waals surface area contributed by atoms with E-state index in [1.165, 1.54) is 0 Å². The van der Waals surface area contributed by atoms with Gasteiger partial charge in [-0.25, -0.2) is 0 Å². The Morgan fingerprint density at radius 2 is 0.733 bits per heavy atom. The number of benzene rings is 2. The van der Waals surface area contributed by atoms with Crippen molar-refractivity contribution in [2.45, 2.75) is 34.5 Å². The summed E-state index contributed by atoms with van der Waals surface area (Å²) in [4.78, 5) is -1.68. The smallest absolute Gasteiger partial charge is 0.166 e. The Kier molecular flexibility index (Phi) is 6.63. The molecule has 0 amide bonds. The molecule has 0 radical (unpaired) electrons. The summed E-state index contributed by atoms with van der Waals surface area (Å²) in [5.74, 6) is 0. The van der Waals surface area contributed by atoms with E-state index in [2.05, 4.69) is 0 Å². The van der Waals surface area contributed by atoms with Crippen LogP contribution in [0.5, 0.6) is 0 Å². The fourth-order valence-corrected chi connectivity index (χ4v) is 4.46. The van der Waals surface area contributed by atoms with E-state index in [0.29, 0.717) is 24.3 Å². The van der Waals surface area contributed by atoms with Crippen LogP contribution in [0.2, 0.25) is 0 Å². The van der Waals surface area contributed by atoms with Gasteiger partial charge in [-0.1, -0.05) is 21.6 Å². The number of hydrogen-bond acceptors (Lipinski definition) is 2. The van der Waals surface area contributed by atoms with Crippen molar-refractivity contribution in [2.75, 3.05) is 0 Å². The van der Waals surface area contributed by atoms with Crippen LogP contribution in [0, 0.1) is 0 Å². The van der Waals surface area contributed by atoms with E-state index in [1.54, 1.807) is 0 Å². The van der Waals surface area contributed by atoms with E-state index in [1.807, 2.05) is 0 Å². The van der Waals surface area contributed by atoms with Crippen molar-refractivity contribution >= 4 is 21.6 Å². The lowest BCUT2D eigenvalue weighted by molar-refractivity contribution is -0.146. The molecule has 0 aliphatic rings. The predicted molar refractivity (Wildman–Crippen MR) is 84.6 cm³/mol. The van der Waals surface area contributed by atoms with Crippen LogP contribution >= 0.6 is 21.6 Å². The van der Waals surface area contributed by atoms with Crippen molar-refractivity contribution < 1.29 is 52.7 Å². The second kappa shape index (κ2) is 8.09. The number of rotatable bonds is 3. The molecule has 30 heavy (non-hydrogen) atoms. The Morgan fingerprint density at radius 1 is 0.433 bits per heavy atom. The van der Waals surface area contributed by atoms with Gasteiger partial charge in [-0.3, -0.25) is 0 Å². The molecule has 2 rings (SSSR count). The zero-order chi connectivity index (χ0) is 23.1. The Hall–Kier alpha value is -1.70. The molecule has 2 aromatic carbocycles. The lowest BCUT2D eigenvalue weighted by Crippen LogP contribution is -2.12. The van der Waals surface area contributed by atoms with Gasteiger partial charge in [-0.15, -0.1) is 0 Å². The lowest BCUT2D eigenvalue weighted by atomic mass is 10.1. The molecular weight excluding hydrogens is 484 g/mol. The normalized spacial score (nSPS) is 13.6. The number of halogens is 12. The maximum Gasteiger partial charge on any atom is 0.417 e. The molecule has 14 heteroatoms. The van der Waals surface area contributed by atoms with Crippen molar-refractivity contribution in [1.29, 1.82) is 0 Å². The highest BCUT2D eigenvalue weighted by Gasteiger charge is 2.40. The summed E-state index contributed by atoms with van der Waals surface area (Å²) in [5.41, 5.74) is -6.71. The molecule has 0 aromatic heterocycles. The summed E-state index contributed by atoms with van der Waals surface area (Å²) >= 11 is 0. The van der Waals surface area contributed by atoms with E-state index < -0.39 is 56.7 Å². The first-order valence-electron chi connectivity index (χ1n) is 7.32. The molecule has 0 aliphatic heterocycles. The Morgan fingerprint density at radius 3 is 0.967 bits per heavy atom. The summed E-state index contributed by atoms with van der Waals surface area (Å²) in [6.45, 7) is 0. The minimum Gasteiger partial charge on any atom is -0.166 e. The summed E-state index contributed by atoms with van der Waals surface area (Å²) in [6.07, 6.45) is -20.7. The largest absolute Gasteiger partial charge is 0.417 e. The average molecular weight is 490 g/mol. The third kappa shape index (κ3) is 5.93. The van der Waals surface area contributed by atoms with Crippen LogP contribution < -0.4 is 0 Å². The molecule has 0 atom stereocenters. The van der Waals surface area contributed by atoms with Crippen LogP contribution in [0.3, 0.4) is 0 Å². The first-order valence-corrected chi connectivity index (χ1v) is 9.47. The van der Waals surface area contributed by atoms with Gasteiger partial charge in [0.2, 0.25) is 0 Å². The zero-order valence-electron chi connectivity index (χ0n) is 13.8. The first-order chi connectivity index (χ1) is 13.4. The molecule has 0 spiro atoms. The van der Waals surface area contributed by atoms with Crippen LogP contribution in [0.1, 0.15) is 22.3 Å². The van der Waals surface area contributed by atoms with Crippen LogP contribution in [0.15, 0.2) is 46.2 Å². The van der Waals surface area contributed by atoms with Gasteiger partial charge in [0.1, 0.15) is 0 Å². The molecule has 0 aliphatic carbocycles. The van der Waals surface area contributed by atoms with Crippen molar-refractivity contribution in [3.8, 4) is 0 Å². The maximum atomic E-state index is 13.1. The van der Waals surface area contributed by atoms with E-state index in [-0.39, 0.29) is 33.7 Å². The monoisotopic (exact) mass is 490 g/mol. The Labute approximate surface area is 168 Å². The molecule has 0 unspecified atom stereocenters. The average Bonchev–Trinajstić information content (AvgIpc) is 2.56. The molecule has 0 saturated heterocycles.